The molecule has 20 heavy (non-hydrogen) atoms. The molecule has 5 nitrogen and oxygen atoms in total. The number of rotatable bonds is 3. The van der Waals surface area contributed by atoms with E-state index in [4.69, 9.17) is 5.73 Å². The minimum atomic E-state index is -0.630. The van der Waals surface area contributed by atoms with Crippen molar-refractivity contribution in [2.75, 3.05) is 11.4 Å². The van der Waals surface area contributed by atoms with Crippen LogP contribution in [0.5, 0.6) is 0 Å². The minimum absolute atomic E-state index is 0.0415. The molecule has 0 spiro atoms. The molecule has 0 aliphatic carbocycles. The molecule has 7 heteroatoms. The zero-order valence-corrected chi connectivity index (χ0v) is 12.8. The number of piperidine rings is 1. The van der Waals surface area contributed by atoms with E-state index in [-0.39, 0.29) is 22.2 Å². The van der Waals surface area contributed by atoms with Crippen LogP contribution in [0.1, 0.15) is 26.2 Å². The molecule has 1 aliphatic rings. The van der Waals surface area contributed by atoms with Gasteiger partial charge in [0.15, 0.2) is 0 Å². The third-order valence-electron chi connectivity index (χ3n) is 3.68. The lowest BCUT2D eigenvalue weighted by Gasteiger charge is -2.39. The number of anilines is 1. The first kappa shape index (κ1) is 15.2. The summed E-state index contributed by atoms with van der Waals surface area (Å²) >= 11 is 3.10. The van der Waals surface area contributed by atoms with Crippen molar-refractivity contribution in [3.63, 3.8) is 0 Å². The number of nitro groups is 1. The van der Waals surface area contributed by atoms with E-state index in [1.807, 2.05) is 11.8 Å². The Morgan fingerprint density at radius 3 is 2.85 bits per heavy atom. The van der Waals surface area contributed by atoms with Crippen molar-refractivity contribution in [3.05, 3.63) is 32.5 Å². The number of hydrogen-bond donors (Lipinski definition) is 1. The Labute approximate surface area is 125 Å². The lowest BCUT2D eigenvalue weighted by Crippen LogP contribution is -2.49. The van der Waals surface area contributed by atoms with Crippen molar-refractivity contribution in [3.8, 4) is 0 Å². The predicted octanol–water partition coefficient (Wildman–Crippen LogP) is 3.20. The van der Waals surface area contributed by atoms with Gasteiger partial charge in [0.2, 0.25) is 0 Å². The van der Waals surface area contributed by atoms with Crippen LogP contribution in [-0.4, -0.2) is 23.6 Å². The summed E-state index contributed by atoms with van der Waals surface area (Å²) in [5, 5.41) is 11.2. The predicted molar refractivity (Wildman–Crippen MR) is 79.4 cm³/mol. The molecule has 110 valence electrons. The molecule has 2 unspecified atom stereocenters. The smallest absolute Gasteiger partial charge is 0.295 e. The molecule has 0 saturated carbocycles. The fourth-order valence-corrected chi connectivity index (χ4v) is 3.04. The second-order valence-corrected chi connectivity index (χ2v) is 5.98. The number of hydrogen-bond acceptors (Lipinski definition) is 4. The van der Waals surface area contributed by atoms with Crippen molar-refractivity contribution >= 4 is 27.3 Å². The van der Waals surface area contributed by atoms with Gasteiger partial charge in [-0.3, -0.25) is 10.1 Å². The molecule has 1 aromatic rings. The number of nitrogens with two attached hydrogens (primary N) is 1. The van der Waals surface area contributed by atoms with Crippen molar-refractivity contribution in [1.29, 1.82) is 0 Å². The Bertz CT molecular complexity index is 525. The Morgan fingerprint density at radius 1 is 1.55 bits per heavy atom. The van der Waals surface area contributed by atoms with Crippen LogP contribution in [0, 0.1) is 15.9 Å². The number of nitrogens with zero attached hydrogens (tertiary/aromatic N) is 2. The molecule has 0 radical (unpaired) electrons. The van der Waals surface area contributed by atoms with Crippen LogP contribution in [0.2, 0.25) is 0 Å². The standard InChI is InChI=1S/C13H17BrFN3O2/c1-8(16)11-4-2-3-5-17(11)12-6-9(14)10(15)7-13(12)18(19)20/h6-8,11H,2-5,16H2,1H3. The van der Waals surface area contributed by atoms with Gasteiger partial charge >= 0.3 is 0 Å². The molecule has 1 aromatic carbocycles. The van der Waals surface area contributed by atoms with Gasteiger partial charge in [0, 0.05) is 18.6 Å². The zero-order valence-electron chi connectivity index (χ0n) is 11.2. The summed E-state index contributed by atoms with van der Waals surface area (Å²) in [6, 6.07) is 2.39. The van der Waals surface area contributed by atoms with E-state index in [2.05, 4.69) is 15.9 Å². The number of halogens is 2. The topological polar surface area (TPSA) is 72.4 Å². The first-order valence-electron chi connectivity index (χ1n) is 6.57. The van der Waals surface area contributed by atoms with Crippen LogP contribution in [-0.2, 0) is 0 Å². The number of nitro benzene ring substituents is 1. The Hall–Kier alpha value is -1.21. The summed E-state index contributed by atoms with van der Waals surface area (Å²) in [4.78, 5) is 12.6. The lowest BCUT2D eigenvalue weighted by atomic mass is 9.96. The molecule has 0 amide bonds. The fourth-order valence-electron chi connectivity index (χ4n) is 2.71. The van der Waals surface area contributed by atoms with E-state index in [9.17, 15) is 14.5 Å². The van der Waals surface area contributed by atoms with E-state index in [1.54, 1.807) is 0 Å². The van der Waals surface area contributed by atoms with Gasteiger partial charge < -0.3 is 10.6 Å². The first-order valence-corrected chi connectivity index (χ1v) is 7.36. The monoisotopic (exact) mass is 345 g/mol. The van der Waals surface area contributed by atoms with Crippen LogP contribution in [0.3, 0.4) is 0 Å². The maximum atomic E-state index is 13.5. The van der Waals surface area contributed by atoms with Crippen molar-refractivity contribution < 1.29 is 9.31 Å². The maximum absolute atomic E-state index is 13.5. The Morgan fingerprint density at radius 2 is 2.25 bits per heavy atom. The van der Waals surface area contributed by atoms with E-state index >= 15 is 0 Å². The van der Waals surface area contributed by atoms with Gasteiger partial charge in [-0.2, -0.15) is 0 Å². The van der Waals surface area contributed by atoms with Gasteiger partial charge in [0.25, 0.3) is 5.69 Å². The molecule has 1 fully saturated rings. The molecule has 2 rings (SSSR count). The van der Waals surface area contributed by atoms with Crippen LogP contribution >= 0.6 is 15.9 Å². The minimum Gasteiger partial charge on any atom is -0.361 e. The van der Waals surface area contributed by atoms with Gasteiger partial charge in [-0.05, 0) is 48.2 Å². The molecule has 2 N–H and O–H groups in total. The fraction of sp³-hybridized carbons (Fsp3) is 0.538. The van der Waals surface area contributed by atoms with Crippen molar-refractivity contribution in [2.24, 2.45) is 5.73 Å². The molecular formula is C13H17BrFN3O2. The lowest BCUT2D eigenvalue weighted by molar-refractivity contribution is -0.384. The summed E-state index contributed by atoms with van der Waals surface area (Å²) in [5.41, 5.74) is 6.22. The van der Waals surface area contributed by atoms with Gasteiger partial charge in [-0.25, -0.2) is 4.39 Å². The molecule has 0 aromatic heterocycles. The highest BCUT2D eigenvalue weighted by molar-refractivity contribution is 9.10. The molecule has 1 aliphatic heterocycles. The Balaban J connectivity index is 2.49. The first-order chi connectivity index (χ1) is 9.41. The second-order valence-electron chi connectivity index (χ2n) is 5.13. The average Bonchev–Trinajstić information content (AvgIpc) is 2.41. The number of benzene rings is 1. The summed E-state index contributed by atoms with van der Waals surface area (Å²) in [5.74, 6) is -0.630. The molecule has 2 atom stereocenters. The zero-order chi connectivity index (χ0) is 14.9. The highest BCUT2D eigenvalue weighted by Gasteiger charge is 2.31. The normalized spacial score (nSPS) is 20.8. The summed E-state index contributed by atoms with van der Waals surface area (Å²) in [6.07, 6.45) is 2.90. The molecule has 1 heterocycles. The van der Waals surface area contributed by atoms with Crippen LogP contribution in [0.15, 0.2) is 16.6 Å². The highest BCUT2D eigenvalue weighted by atomic mass is 79.9. The summed E-state index contributed by atoms with van der Waals surface area (Å²) in [7, 11) is 0. The van der Waals surface area contributed by atoms with E-state index in [1.165, 1.54) is 6.07 Å². The average molecular weight is 346 g/mol. The van der Waals surface area contributed by atoms with Gasteiger partial charge in [0.1, 0.15) is 11.5 Å². The van der Waals surface area contributed by atoms with Crippen LogP contribution < -0.4 is 10.6 Å². The quantitative estimate of drug-likeness (QED) is 0.674. The largest absolute Gasteiger partial charge is 0.361 e. The molecular weight excluding hydrogens is 329 g/mol. The van der Waals surface area contributed by atoms with E-state index in [0.29, 0.717) is 12.2 Å². The second kappa shape index (κ2) is 6.05. The van der Waals surface area contributed by atoms with Gasteiger partial charge in [0.05, 0.1) is 15.5 Å². The van der Waals surface area contributed by atoms with Crippen molar-refractivity contribution in [2.45, 2.75) is 38.3 Å². The summed E-state index contributed by atoms with van der Waals surface area (Å²) < 4.78 is 13.8. The van der Waals surface area contributed by atoms with Crippen LogP contribution in [0.4, 0.5) is 15.8 Å². The third kappa shape index (κ3) is 2.93. The maximum Gasteiger partial charge on any atom is 0.295 e. The van der Waals surface area contributed by atoms with E-state index in [0.717, 1.165) is 25.3 Å². The third-order valence-corrected chi connectivity index (χ3v) is 4.29. The van der Waals surface area contributed by atoms with Gasteiger partial charge in [-0.1, -0.05) is 0 Å². The van der Waals surface area contributed by atoms with Crippen LogP contribution in [0.25, 0.3) is 0 Å². The molecule has 0 bridgehead atoms. The van der Waals surface area contributed by atoms with E-state index < -0.39 is 10.7 Å². The Kier molecular flexibility index (Phi) is 4.59. The van der Waals surface area contributed by atoms with Crippen molar-refractivity contribution in [1.82, 2.24) is 0 Å². The highest BCUT2D eigenvalue weighted by Crippen LogP contribution is 2.37. The van der Waals surface area contributed by atoms with Gasteiger partial charge in [-0.15, -0.1) is 0 Å². The summed E-state index contributed by atoms with van der Waals surface area (Å²) in [6.45, 7) is 2.60. The molecule has 1 saturated heterocycles. The SMILES string of the molecule is CC(N)C1CCCCN1c1cc(Br)c(F)cc1[N+](=O)[O-].